The molecule has 0 amide bonds. The average Bonchev–Trinajstić information content (AvgIpc) is 3.54. The first-order chi connectivity index (χ1) is 23.8. The van der Waals surface area contributed by atoms with Crippen LogP contribution in [-0.4, -0.2) is 0 Å². The number of nitrogens with zero attached hydrogens (tertiary/aromatic N) is 1. The molecule has 9 rings (SSSR count). The van der Waals surface area contributed by atoms with Crippen LogP contribution in [0.25, 0.3) is 66.1 Å². The lowest BCUT2D eigenvalue weighted by Gasteiger charge is -2.28. The largest absolute Gasteiger partial charge is 0.456 e. The number of para-hydroxylation sites is 2. The summed E-state index contributed by atoms with van der Waals surface area (Å²) in [6.07, 6.45) is 0. The van der Waals surface area contributed by atoms with E-state index in [0.717, 1.165) is 50.1 Å². The lowest BCUT2D eigenvalue weighted by molar-refractivity contribution is 0.669. The highest BCUT2D eigenvalue weighted by Gasteiger charge is 2.19. The summed E-state index contributed by atoms with van der Waals surface area (Å²) in [6, 6.07) is 67.0. The molecule has 0 radical (unpaired) electrons. The van der Waals surface area contributed by atoms with E-state index in [1.54, 1.807) is 0 Å². The van der Waals surface area contributed by atoms with E-state index in [2.05, 4.69) is 181 Å². The van der Waals surface area contributed by atoms with Crippen LogP contribution in [-0.2, 0) is 0 Å². The molecule has 0 atom stereocenters. The SMILES string of the molecule is c1ccc(-c2ccc(-c3ccc(N(c4ccc5ccccc5c4)c4ccccc4-c4ccc5oc6ccccc6c5c4)cc3)cc2)cc1. The van der Waals surface area contributed by atoms with Gasteiger partial charge in [-0.1, -0.05) is 140 Å². The Morgan fingerprint density at radius 1 is 0.333 bits per heavy atom. The van der Waals surface area contributed by atoms with Crippen LogP contribution in [0.4, 0.5) is 17.1 Å². The summed E-state index contributed by atoms with van der Waals surface area (Å²) in [4.78, 5) is 2.38. The molecule has 8 aromatic carbocycles. The molecular weight excluding hydrogens is 583 g/mol. The lowest BCUT2D eigenvalue weighted by Crippen LogP contribution is -2.11. The van der Waals surface area contributed by atoms with Gasteiger partial charge in [-0.15, -0.1) is 0 Å². The van der Waals surface area contributed by atoms with E-state index >= 15 is 0 Å². The molecule has 0 N–H and O–H groups in total. The van der Waals surface area contributed by atoms with Gasteiger partial charge in [-0.05, 0) is 87.1 Å². The molecule has 2 nitrogen and oxygen atoms in total. The topological polar surface area (TPSA) is 16.4 Å². The molecule has 0 aliphatic heterocycles. The van der Waals surface area contributed by atoms with Gasteiger partial charge in [0.15, 0.2) is 0 Å². The van der Waals surface area contributed by atoms with Crippen molar-refractivity contribution >= 4 is 49.8 Å². The molecule has 226 valence electrons. The summed E-state index contributed by atoms with van der Waals surface area (Å²) in [5.41, 5.74) is 12.2. The van der Waals surface area contributed by atoms with Crippen molar-refractivity contribution in [1.29, 1.82) is 0 Å². The summed E-state index contributed by atoms with van der Waals surface area (Å²) in [6.45, 7) is 0. The van der Waals surface area contributed by atoms with Gasteiger partial charge in [-0.2, -0.15) is 0 Å². The zero-order valence-corrected chi connectivity index (χ0v) is 26.3. The number of furan rings is 1. The molecule has 0 saturated carbocycles. The van der Waals surface area contributed by atoms with E-state index in [4.69, 9.17) is 4.42 Å². The average molecular weight is 614 g/mol. The fraction of sp³-hybridized carbons (Fsp3) is 0. The molecule has 0 fully saturated rings. The van der Waals surface area contributed by atoms with Crippen LogP contribution < -0.4 is 4.90 Å². The Kier molecular flexibility index (Phi) is 6.84. The molecule has 9 aromatic rings. The van der Waals surface area contributed by atoms with E-state index in [0.29, 0.717) is 0 Å². The second-order valence-electron chi connectivity index (χ2n) is 12.2. The molecular formula is C46H31NO. The number of benzene rings is 8. The van der Waals surface area contributed by atoms with Crippen LogP contribution in [0.2, 0.25) is 0 Å². The van der Waals surface area contributed by atoms with Crippen molar-refractivity contribution < 1.29 is 4.42 Å². The monoisotopic (exact) mass is 613 g/mol. The van der Waals surface area contributed by atoms with Gasteiger partial charge in [-0.25, -0.2) is 0 Å². The van der Waals surface area contributed by atoms with Gasteiger partial charge in [0, 0.05) is 27.7 Å². The van der Waals surface area contributed by atoms with Crippen LogP contribution >= 0.6 is 0 Å². The normalized spacial score (nSPS) is 11.3. The van der Waals surface area contributed by atoms with Gasteiger partial charge < -0.3 is 9.32 Å². The lowest BCUT2D eigenvalue weighted by atomic mass is 9.98. The van der Waals surface area contributed by atoms with Crippen LogP contribution in [0.5, 0.6) is 0 Å². The Labute approximate surface area is 279 Å². The van der Waals surface area contributed by atoms with Crippen LogP contribution in [0.1, 0.15) is 0 Å². The minimum atomic E-state index is 0.899. The first-order valence-electron chi connectivity index (χ1n) is 16.3. The Hall–Kier alpha value is -6.38. The molecule has 0 aliphatic rings. The van der Waals surface area contributed by atoms with Gasteiger partial charge in [0.1, 0.15) is 11.2 Å². The molecule has 48 heavy (non-hydrogen) atoms. The second kappa shape index (κ2) is 11.8. The zero-order valence-electron chi connectivity index (χ0n) is 26.3. The van der Waals surface area contributed by atoms with E-state index in [-0.39, 0.29) is 0 Å². The van der Waals surface area contributed by atoms with Crippen LogP contribution in [0.3, 0.4) is 0 Å². The molecule has 0 bridgehead atoms. The molecule has 0 unspecified atom stereocenters. The van der Waals surface area contributed by atoms with Crippen molar-refractivity contribution in [1.82, 2.24) is 0 Å². The standard InChI is InChI=1S/C46H31NO/c1-2-10-32(11-3-1)34-18-20-35(21-19-34)36-22-26-39(27-23-36)47(40-28-24-33-12-4-5-13-37(33)30-40)44-16-8-6-14-41(44)38-25-29-46-43(31-38)42-15-7-9-17-45(42)48-46/h1-31H. The Bertz CT molecular complexity index is 2540. The number of fused-ring (bicyclic) bond motifs is 4. The maximum Gasteiger partial charge on any atom is 0.135 e. The van der Waals surface area contributed by atoms with E-state index in [1.165, 1.54) is 33.0 Å². The van der Waals surface area contributed by atoms with Crippen LogP contribution in [0.15, 0.2) is 192 Å². The van der Waals surface area contributed by atoms with Crippen molar-refractivity contribution in [2.45, 2.75) is 0 Å². The minimum absolute atomic E-state index is 0.899. The summed E-state index contributed by atoms with van der Waals surface area (Å²) in [5.74, 6) is 0. The van der Waals surface area contributed by atoms with E-state index < -0.39 is 0 Å². The molecule has 0 aliphatic carbocycles. The molecule has 1 aromatic heterocycles. The zero-order chi connectivity index (χ0) is 31.9. The quantitative estimate of drug-likeness (QED) is 0.185. The van der Waals surface area contributed by atoms with Gasteiger partial charge in [0.25, 0.3) is 0 Å². The molecule has 1 heterocycles. The molecule has 0 saturated heterocycles. The van der Waals surface area contributed by atoms with Gasteiger partial charge >= 0.3 is 0 Å². The first-order valence-corrected chi connectivity index (χ1v) is 16.3. The number of hydrogen-bond acceptors (Lipinski definition) is 2. The maximum atomic E-state index is 6.17. The Morgan fingerprint density at radius 2 is 0.896 bits per heavy atom. The van der Waals surface area contributed by atoms with Crippen LogP contribution in [0, 0.1) is 0 Å². The Balaban J connectivity index is 1.16. The fourth-order valence-electron chi connectivity index (χ4n) is 6.84. The Morgan fingerprint density at radius 3 is 1.69 bits per heavy atom. The number of rotatable bonds is 6. The molecule has 0 spiro atoms. The van der Waals surface area contributed by atoms with Crippen molar-refractivity contribution in [3.05, 3.63) is 188 Å². The van der Waals surface area contributed by atoms with Gasteiger partial charge in [0.2, 0.25) is 0 Å². The second-order valence-corrected chi connectivity index (χ2v) is 12.2. The third-order valence-corrected chi connectivity index (χ3v) is 9.27. The highest BCUT2D eigenvalue weighted by molar-refractivity contribution is 6.07. The summed E-state index contributed by atoms with van der Waals surface area (Å²) < 4.78 is 6.17. The minimum Gasteiger partial charge on any atom is -0.456 e. The highest BCUT2D eigenvalue weighted by atomic mass is 16.3. The number of anilines is 3. The smallest absolute Gasteiger partial charge is 0.135 e. The third-order valence-electron chi connectivity index (χ3n) is 9.27. The van der Waals surface area contributed by atoms with E-state index in [1.807, 2.05) is 12.1 Å². The maximum absolute atomic E-state index is 6.17. The highest BCUT2D eigenvalue weighted by Crippen LogP contribution is 2.43. The van der Waals surface area contributed by atoms with Crippen molar-refractivity contribution in [3.8, 4) is 33.4 Å². The van der Waals surface area contributed by atoms with Crippen molar-refractivity contribution in [2.75, 3.05) is 4.90 Å². The summed E-state index contributed by atoms with van der Waals surface area (Å²) in [5, 5.41) is 4.68. The van der Waals surface area contributed by atoms with E-state index in [9.17, 15) is 0 Å². The van der Waals surface area contributed by atoms with Gasteiger partial charge in [0.05, 0.1) is 5.69 Å². The number of hydrogen-bond donors (Lipinski definition) is 0. The summed E-state index contributed by atoms with van der Waals surface area (Å²) >= 11 is 0. The van der Waals surface area contributed by atoms with Crippen molar-refractivity contribution in [3.63, 3.8) is 0 Å². The fourth-order valence-corrected chi connectivity index (χ4v) is 6.84. The third kappa shape index (κ3) is 5.01. The molecule has 2 heteroatoms. The van der Waals surface area contributed by atoms with Crippen molar-refractivity contribution in [2.24, 2.45) is 0 Å². The summed E-state index contributed by atoms with van der Waals surface area (Å²) in [7, 11) is 0. The predicted octanol–water partition coefficient (Wildman–Crippen LogP) is 13.2. The predicted molar refractivity (Wildman–Crippen MR) is 202 cm³/mol. The van der Waals surface area contributed by atoms with Gasteiger partial charge in [-0.3, -0.25) is 0 Å². The first kappa shape index (κ1) is 27.9.